The number of para-hydroxylation sites is 2. The van der Waals surface area contributed by atoms with Crippen molar-refractivity contribution in [3.63, 3.8) is 0 Å². The standard InChI is InChI=1S/C62H62N4/c1-44-26-32-51(33-27-44)65-59-24-14-12-22-55(59)56-40-38-53(42-61(56)65)63(47-16-6-3-7-17-47)49-34-28-45(29-35-49)46-30-36-50(37-31-46)64(48-18-8-4-9-19-48)54-39-41-58-57-23-13-15-25-60(57)66(62(58,2)43-54)52-20-10-5-11-21-52/h3-8,10-12,14-18,20-22,24-26,28-38,40,42,44,54-55,57-60H,9,13,19,23,27,39,41,43H2,1-2H3. The fourth-order valence-electron chi connectivity index (χ4n) is 13.2. The fourth-order valence-corrected chi connectivity index (χ4v) is 13.2. The Balaban J connectivity index is 0.847. The van der Waals surface area contributed by atoms with E-state index in [-0.39, 0.29) is 11.6 Å². The minimum absolute atomic E-state index is 0.0856. The molecule has 66 heavy (non-hydrogen) atoms. The highest BCUT2D eigenvalue weighted by molar-refractivity contribution is 5.83. The van der Waals surface area contributed by atoms with Gasteiger partial charge in [-0.15, -0.1) is 0 Å². The first kappa shape index (κ1) is 40.9. The molecule has 0 radical (unpaired) electrons. The normalized spacial score (nSPS) is 28.0. The van der Waals surface area contributed by atoms with E-state index >= 15 is 0 Å². The van der Waals surface area contributed by atoms with E-state index in [2.05, 4.69) is 234 Å². The maximum Gasteiger partial charge on any atom is 0.0629 e. The topological polar surface area (TPSA) is 13.0 Å². The molecule has 5 aromatic rings. The summed E-state index contributed by atoms with van der Waals surface area (Å²) in [6.45, 7) is 4.91. The average molecular weight is 863 g/mol. The van der Waals surface area contributed by atoms with Gasteiger partial charge in [0, 0.05) is 63.0 Å². The largest absolute Gasteiger partial charge is 0.359 e. The van der Waals surface area contributed by atoms with Crippen molar-refractivity contribution < 1.29 is 0 Å². The fraction of sp³-hybridized carbons (Fsp3) is 0.290. The third kappa shape index (κ3) is 7.12. The predicted molar refractivity (Wildman–Crippen MR) is 278 cm³/mol. The van der Waals surface area contributed by atoms with Crippen molar-refractivity contribution in [2.24, 2.45) is 17.8 Å². The molecule has 5 aromatic carbocycles. The molecule has 7 aliphatic rings. The van der Waals surface area contributed by atoms with Gasteiger partial charge in [0.2, 0.25) is 0 Å². The Bertz CT molecular complexity index is 2790. The molecule has 0 amide bonds. The van der Waals surface area contributed by atoms with Crippen LogP contribution in [0.3, 0.4) is 0 Å². The number of rotatable bonds is 9. The van der Waals surface area contributed by atoms with Crippen LogP contribution in [0.4, 0.5) is 34.1 Å². The minimum atomic E-state index is 0.0856. The van der Waals surface area contributed by atoms with Gasteiger partial charge in [0.1, 0.15) is 0 Å². The first-order valence-electron chi connectivity index (χ1n) is 24.9. The van der Waals surface area contributed by atoms with E-state index in [1.807, 2.05) is 0 Å². The van der Waals surface area contributed by atoms with Gasteiger partial charge >= 0.3 is 0 Å². The number of fused-ring (bicyclic) bond motifs is 6. The predicted octanol–water partition coefficient (Wildman–Crippen LogP) is 15.5. The molecule has 8 atom stereocenters. The van der Waals surface area contributed by atoms with Crippen LogP contribution in [0.5, 0.6) is 0 Å². The molecule has 330 valence electrons. The van der Waals surface area contributed by atoms with Crippen LogP contribution in [-0.4, -0.2) is 23.7 Å². The monoisotopic (exact) mass is 862 g/mol. The molecule has 5 aliphatic carbocycles. The maximum absolute atomic E-state index is 2.84. The lowest BCUT2D eigenvalue weighted by Crippen LogP contribution is -2.55. The van der Waals surface area contributed by atoms with Crippen LogP contribution < -0.4 is 19.6 Å². The van der Waals surface area contributed by atoms with Crippen LogP contribution in [0.2, 0.25) is 0 Å². The summed E-state index contributed by atoms with van der Waals surface area (Å²) in [6.07, 6.45) is 37.7. The molecule has 2 aliphatic heterocycles. The lowest BCUT2D eigenvalue weighted by atomic mass is 9.67. The van der Waals surface area contributed by atoms with Crippen molar-refractivity contribution in [2.45, 2.75) is 94.8 Å². The van der Waals surface area contributed by atoms with Crippen molar-refractivity contribution >= 4 is 34.1 Å². The zero-order chi connectivity index (χ0) is 44.2. The number of anilines is 6. The molecule has 8 unspecified atom stereocenters. The first-order valence-corrected chi connectivity index (χ1v) is 24.9. The minimum Gasteiger partial charge on any atom is -0.359 e. The molecule has 0 aromatic heterocycles. The van der Waals surface area contributed by atoms with Gasteiger partial charge in [-0.2, -0.15) is 0 Å². The maximum atomic E-state index is 2.84. The molecule has 2 heterocycles. The highest BCUT2D eigenvalue weighted by Gasteiger charge is 2.58. The molecule has 1 saturated carbocycles. The summed E-state index contributed by atoms with van der Waals surface area (Å²) in [6, 6.07) is 49.2. The van der Waals surface area contributed by atoms with E-state index in [1.165, 1.54) is 70.8 Å². The Morgan fingerprint density at radius 1 is 0.636 bits per heavy atom. The van der Waals surface area contributed by atoms with E-state index in [1.54, 1.807) is 0 Å². The van der Waals surface area contributed by atoms with E-state index < -0.39 is 0 Å². The van der Waals surface area contributed by atoms with E-state index in [4.69, 9.17) is 0 Å². The molecule has 0 spiro atoms. The summed E-state index contributed by atoms with van der Waals surface area (Å²) in [5, 5.41) is 0. The Labute approximate surface area is 393 Å². The van der Waals surface area contributed by atoms with Crippen LogP contribution in [0.1, 0.15) is 76.7 Å². The highest BCUT2D eigenvalue weighted by atomic mass is 15.3. The Hall–Kier alpha value is -6.52. The van der Waals surface area contributed by atoms with Gasteiger partial charge in [-0.05, 0) is 166 Å². The van der Waals surface area contributed by atoms with Crippen LogP contribution in [-0.2, 0) is 0 Å². The van der Waals surface area contributed by atoms with E-state index in [9.17, 15) is 0 Å². The number of hydrogen-bond donors (Lipinski definition) is 0. The summed E-state index contributed by atoms with van der Waals surface area (Å²) in [7, 11) is 0. The van der Waals surface area contributed by atoms with Gasteiger partial charge in [-0.1, -0.05) is 134 Å². The molecular weight excluding hydrogens is 801 g/mol. The lowest BCUT2D eigenvalue weighted by Gasteiger charge is -2.51. The Morgan fingerprint density at radius 2 is 1.36 bits per heavy atom. The highest BCUT2D eigenvalue weighted by Crippen LogP contribution is 2.57. The van der Waals surface area contributed by atoms with Crippen LogP contribution >= 0.6 is 0 Å². The summed E-state index contributed by atoms with van der Waals surface area (Å²) >= 11 is 0. The van der Waals surface area contributed by atoms with Gasteiger partial charge in [0.25, 0.3) is 0 Å². The number of hydrogen-bond acceptors (Lipinski definition) is 4. The van der Waals surface area contributed by atoms with Gasteiger partial charge in [0.15, 0.2) is 0 Å². The zero-order valence-electron chi connectivity index (χ0n) is 38.5. The first-order chi connectivity index (χ1) is 32.5. The van der Waals surface area contributed by atoms with Gasteiger partial charge in [-0.3, -0.25) is 0 Å². The zero-order valence-corrected chi connectivity index (χ0v) is 38.5. The summed E-state index contributed by atoms with van der Waals surface area (Å²) in [5.74, 6) is 2.33. The SMILES string of the molecule is CC1C=CC(N2c3cc(N(c4ccccc4)c4ccc(-c5ccc(N(C6=CC=CCC6)C6CCC7C8CCC=CC8N(c8ccccc8)C7(C)C6)cc5)cc4)ccc3C3C=CC=CC32)=CC1. The molecule has 4 heteroatoms. The van der Waals surface area contributed by atoms with Gasteiger partial charge in [0.05, 0.1) is 12.1 Å². The molecule has 2 fully saturated rings. The second-order valence-corrected chi connectivity index (χ2v) is 20.1. The molecular formula is C62H62N4. The molecule has 12 rings (SSSR count). The number of nitrogens with zero attached hydrogens (tertiary/aromatic N) is 4. The third-order valence-electron chi connectivity index (χ3n) is 16.2. The summed E-state index contributed by atoms with van der Waals surface area (Å²) in [5.41, 5.74) is 14.1. The average Bonchev–Trinajstić information content (AvgIpc) is 3.84. The van der Waals surface area contributed by atoms with Crippen LogP contribution in [0.25, 0.3) is 11.1 Å². The molecule has 4 nitrogen and oxygen atoms in total. The van der Waals surface area contributed by atoms with E-state index in [0.717, 1.165) is 48.7 Å². The second-order valence-electron chi connectivity index (χ2n) is 20.1. The van der Waals surface area contributed by atoms with Crippen molar-refractivity contribution in [3.05, 3.63) is 217 Å². The molecule has 0 N–H and O–H groups in total. The van der Waals surface area contributed by atoms with Gasteiger partial charge < -0.3 is 19.6 Å². The lowest BCUT2D eigenvalue weighted by molar-refractivity contribution is 0.176. The number of benzene rings is 5. The third-order valence-corrected chi connectivity index (χ3v) is 16.2. The summed E-state index contributed by atoms with van der Waals surface area (Å²) in [4.78, 5) is 10.6. The summed E-state index contributed by atoms with van der Waals surface area (Å²) < 4.78 is 0. The smallest absolute Gasteiger partial charge is 0.0629 e. The number of allylic oxidation sites excluding steroid dienone is 10. The quantitative estimate of drug-likeness (QED) is 0.137. The Kier molecular flexibility index (Phi) is 10.6. The van der Waals surface area contributed by atoms with Crippen LogP contribution in [0, 0.1) is 17.8 Å². The Morgan fingerprint density at radius 3 is 2.11 bits per heavy atom. The van der Waals surface area contributed by atoms with Crippen molar-refractivity contribution in [3.8, 4) is 11.1 Å². The van der Waals surface area contributed by atoms with Crippen molar-refractivity contribution in [1.82, 2.24) is 0 Å². The van der Waals surface area contributed by atoms with E-state index in [0.29, 0.717) is 29.8 Å². The van der Waals surface area contributed by atoms with Crippen molar-refractivity contribution in [1.29, 1.82) is 0 Å². The van der Waals surface area contributed by atoms with Gasteiger partial charge in [-0.25, -0.2) is 0 Å². The molecule has 0 bridgehead atoms. The second kappa shape index (κ2) is 17.0. The van der Waals surface area contributed by atoms with Crippen molar-refractivity contribution in [2.75, 3.05) is 19.6 Å². The molecule has 1 saturated heterocycles. The van der Waals surface area contributed by atoms with Crippen LogP contribution in [0.15, 0.2) is 212 Å².